The Morgan fingerprint density at radius 1 is 1.30 bits per heavy atom. The van der Waals surface area contributed by atoms with Gasteiger partial charge in [-0.05, 0) is 43.2 Å². The Morgan fingerprint density at radius 3 is 2.80 bits per heavy atom. The van der Waals surface area contributed by atoms with Crippen molar-refractivity contribution in [3.63, 3.8) is 0 Å². The first kappa shape index (κ1) is 21.3. The lowest BCUT2D eigenvalue weighted by molar-refractivity contribution is -0.386. The summed E-state index contributed by atoms with van der Waals surface area (Å²) in [5.74, 6) is -0.0955. The van der Waals surface area contributed by atoms with Crippen molar-refractivity contribution in [3.05, 3.63) is 86.2 Å². The molecule has 1 amide bonds. The zero-order valence-electron chi connectivity index (χ0n) is 16.6. The molecule has 1 aromatic heterocycles. The monoisotopic (exact) mass is 428 g/mol. The molecule has 0 unspecified atom stereocenters. The number of aryl methyl sites for hydroxylation is 2. The molecule has 2 aromatic carbocycles. The van der Waals surface area contributed by atoms with Gasteiger partial charge in [0.05, 0.1) is 16.5 Å². The predicted molar refractivity (Wildman–Crippen MR) is 113 cm³/mol. The number of benzene rings is 2. The Kier molecular flexibility index (Phi) is 6.68. The lowest BCUT2D eigenvalue weighted by atomic mass is 10.1. The van der Waals surface area contributed by atoms with Gasteiger partial charge in [0, 0.05) is 24.4 Å². The van der Waals surface area contributed by atoms with Gasteiger partial charge in [0.15, 0.2) is 5.75 Å². The standard InChI is InChI=1S/C21H21ClN4O4/c1-3-25-12-17(22)18(24-25)11-23-21(27)16-6-4-5-15(10-16)13-30-20-8-7-14(2)9-19(20)26(28)29/h4-10,12H,3,11,13H2,1-2H3,(H,23,27). The molecule has 0 radical (unpaired) electrons. The van der Waals surface area contributed by atoms with Crippen LogP contribution in [0.15, 0.2) is 48.7 Å². The van der Waals surface area contributed by atoms with E-state index in [4.69, 9.17) is 16.3 Å². The zero-order valence-corrected chi connectivity index (χ0v) is 17.3. The number of halogens is 1. The third kappa shape index (κ3) is 5.15. The van der Waals surface area contributed by atoms with E-state index in [9.17, 15) is 14.9 Å². The smallest absolute Gasteiger partial charge is 0.311 e. The van der Waals surface area contributed by atoms with Gasteiger partial charge >= 0.3 is 5.69 Å². The average molecular weight is 429 g/mol. The van der Waals surface area contributed by atoms with Crippen molar-refractivity contribution in [1.82, 2.24) is 15.1 Å². The quantitative estimate of drug-likeness (QED) is 0.426. The fraction of sp³-hybridized carbons (Fsp3) is 0.238. The van der Waals surface area contributed by atoms with E-state index < -0.39 is 4.92 Å². The molecule has 0 fully saturated rings. The number of hydrogen-bond donors (Lipinski definition) is 1. The minimum atomic E-state index is -0.475. The van der Waals surface area contributed by atoms with Crippen LogP contribution in [0, 0.1) is 17.0 Å². The van der Waals surface area contributed by atoms with Crippen LogP contribution in [0.3, 0.4) is 0 Å². The number of nitro benzene ring substituents is 1. The van der Waals surface area contributed by atoms with Crippen LogP contribution in [-0.4, -0.2) is 20.6 Å². The van der Waals surface area contributed by atoms with Crippen LogP contribution in [0.25, 0.3) is 0 Å². The van der Waals surface area contributed by atoms with E-state index in [1.165, 1.54) is 6.07 Å². The number of nitrogens with one attached hydrogen (secondary N) is 1. The van der Waals surface area contributed by atoms with Gasteiger partial charge in [0.2, 0.25) is 0 Å². The number of nitrogens with zero attached hydrogens (tertiary/aromatic N) is 3. The number of carbonyl (C=O) groups is 1. The van der Waals surface area contributed by atoms with Crippen LogP contribution in [0.5, 0.6) is 5.75 Å². The Bertz CT molecular complexity index is 1080. The minimum absolute atomic E-state index is 0.0905. The number of hydrogen-bond acceptors (Lipinski definition) is 5. The molecule has 1 heterocycles. The highest BCUT2D eigenvalue weighted by molar-refractivity contribution is 6.31. The van der Waals surface area contributed by atoms with Gasteiger partial charge in [0.25, 0.3) is 5.91 Å². The van der Waals surface area contributed by atoms with Gasteiger partial charge in [0.1, 0.15) is 12.3 Å². The summed E-state index contributed by atoms with van der Waals surface area (Å²) in [7, 11) is 0. The topological polar surface area (TPSA) is 99.3 Å². The van der Waals surface area contributed by atoms with Crippen molar-refractivity contribution in [2.24, 2.45) is 0 Å². The summed E-state index contributed by atoms with van der Waals surface area (Å²) in [5, 5.41) is 18.8. The largest absolute Gasteiger partial charge is 0.482 e. The summed E-state index contributed by atoms with van der Waals surface area (Å²) >= 11 is 6.12. The number of ether oxygens (including phenoxy) is 1. The normalized spacial score (nSPS) is 10.6. The van der Waals surface area contributed by atoms with Crippen molar-refractivity contribution in [3.8, 4) is 5.75 Å². The van der Waals surface area contributed by atoms with E-state index in [1.54, 1.807) is 54.2 Å². The van der Waals surface area contributed by atoms with Crippen LogP contribution in [0.1, 0.15) is 34.1 Å². The van der Waals surface area contributed by atoms with Gasteiger partial charge in [-0.2, -0.15) is 5.10 Å². The van der Waals surface area contributed by atoms with Gasteiger partial charge < -0.3 is 10.1 Å². The highest BCUT2D eigenvalue weighted by Gasteiger charge is 2.16. The van der Waals surface area contributed by atoms with E-state index in [2.05, 4.69) is 10.4 Å². The number of carbonyl (C=O) groups excluding carboxylic acids is 1. The molecule has 8 nitrogen and oxygen atoms in total. The predicted octanol–water partition coefficient (Wildman–Crippen LogP) is 4.28. The van der Waals surface area contributed by atoms with Crippen molar-refractivity contribution >= 4 is 23.2 Å². The minimum Gasteiger partial charge on any atom is -0.482 e. The Morgan fingerprint density at radius 2 is 2.10 bits per heavy atom. The first-order valence-electron chi connectivity index (χ1n) is 9.34. The summed E-state index contributed by atoms with van der Waals surface area (Å²) in [6.45, 7) is 4.72. The molecule has 3 aromatic rings. The number of rotatable bonds is 8. The SMILES string of the molecule is CCn1cc(Cl)c(CNC(=O)c2cccc(COc3ccc(C)cc3[N+](=O)[O-])c2)n1. The Labute approximate surface area is 178 Å². The summed E-state index contributed by atoms with van der Waals surface area (Å²) in [4.78, 5) is 23.2. The molecule has 30 heavy (non-hydrogen) atoms. The van der Waals surface area contributed by atoms with Gasteiger partial charge in [-0.3, -0.25) is 19.6 Å². The molecule has 0 aliphatic rings. The van der Waals surface area contributed by atoms with Crippen LogP contribution in [0.2, 0.25) is 5.02 Å². The molecular formula is C21H21ClN4O4. The number of aromatic nitrogens is 2. The van der Waals surface area contributed by atoms with Crippen molar-refractivity contribution in [1.29, 1.82) is 0 Å². The van der Waals surface area contributed by atoms with Crippen molar-refractivity contribution in [2.75, 3.05) is 0 Å². The van der Waals surface area contributed by atoms with E-state index in [1.807, 2.05) is 6.92 Å². The van der Waals surface area contributed by atoms with E-state index >= 15 is 0 Å². The second kappa shape index (κ2) is 9.41. The molecule has 1 N–H and O–H groups in total. The second-order valence-electron chi connectivity index (χ2n) is 6.68. The number of nitro groups is 1. The third-order valence-electron chi connectivity index (χ3n) is 4.42. The summed E-state index contributed by atoms with van der Waals surface area (Å²) in [6, 6.07) is 11.7. The summed E-state index contributed by atoms with van der Waals surface area (Å²) in [6.07, 6.45) is 1.71. The maximum atomic E-state index is 12.5. The van der Waals surface area contributed by atoms with E-state index in [-0.39, 0.29) is 30.5 Å². The molecule has 9 heteroatoms. The average Bonchev–Trinajstić information content (AvgIpc) is 3.11. The van der Waals surface area contributed by atoms with Crippen LogP contribution in [0.4, 0.5) is 5.69 Å². The first-order chi connectivity index (χ1) is 14.4. The van der Waals surface area contributed by atoms with Gasteiger partial charge in [-0.15, -0.1) is 0 Å². The fourth-order valence-electron chi connectivity index (χ4n) is 2.84. The van der Waals surface area contributed by atoms with Crippen molar-refractivity contribution in [2.45, 2.75) is 33.5 Å². The first-order valence-corrected chi connectivity index (χ1v) is 9.72. The molecule has 156 valence electrons. The van der Waals surface area contributed by atoms with E-state index in [0.29, 0.717) is 28.4 Å². The second-order valence-corrected chi connectivity index (χ2v) is 7.09. The molecule has 0 bridgehead atoms. The third-order valence-corrected chi connectivity index (χ3v) is 4.74. The summed E-state index contributed by atoms with van der Waals surface area (Å²) in [5.41, 5.74) is 2.44. The molecular weight excluding hydrogens is 408 g/mol. The van der Waals surface area contributed by atoms with E-state index in [0.717, 1.165) is 5.56 Å². The Hall–Kier alpha value is -3.39. The highest BCUT2D eigenvalue weighted by Crippen LogP contribution is 2.28. The molecule has 3 rings (SSSR count). The molecule has 0 aliphatic carbocycles. The molecule has 0 saturated carbocycles. The van der Waals surface area contributed by atoms with Gasteiger partial charge in [-0.1, -0.05) is 29.8 Å². The van der Waals surface area contributed by atoms with Crippen LogP contribution < -0.4 is 10.1 Å². The van der Waals surface area contributed by atoms with Crippen LogP contribution >= 0.6 is 11.6 Å². The summed E-state index contributed by atoms with van der Waals surface area (Å²) < 4.78 is 7.33. The Balaban J connectivity index is 1.65. The molecule has 0 spiro atoms. The van der Waals surface area contributed by atoms with Crippen LogP contribution in [-0.2, 0) is 19.7 Å². The van der Waals surface area contributed by atoms with Crippen molar-refractivity contribution < 1.29 is 14.5 Å². The molecule has 0 atom stereocenters. The number of amides is 1. The zero-order chi connectivity index (χ0) is 21.7. The lowest BCUT2D eigenvalue weighted by Crippen LogP contribution is -2.23. The van der Waals surface area contributed by atoms with Gasteiger partial charge in [-0.25, -0.2) is 0 Å². The highest BCUT2D eigenvalue weighted by atomic mass is 35.5. The maximum absolute atomic E-state index is 12.5. The molecule has 0 saturated heterocycles. The maximum Gasteiger partial charge on any atom is 0.311 e. The molecule has 0 aliphatic heterocycles. The fourth-order valence-corrected chi connectivity index (χ4v) is 3.06. The lowest BCUT2D eigenvalue weighted by Gasteiger charge is -2.09.